The molecule has 0 unspecified atom stereocenters. The molecule has 0 amide bonds. The van der Waals surface area contributed by atoms with E-state index in [9.17, 15) is 8.78 Å². The van der Waals surface area contributed by atoms with Crippen LogP contribution in [0.4, 0.5) is 8.78 Å². The van der Waals surface area contributed by atoms with Gasteiger partial charge in [0, 0.05) is 13.2 Å². The smallest absolute Gasteiger partial charge is 0.282 e. The van der Waals surface area contributed by atoms with Crippen molar-refractivity contribution in [3.8, 4) is 0 Å². The van der Waals surface area contributed by atoms with E-state index in [1.54, 1.807) is 0 Å². The molecule has 3 N–H and O–H groups in total. The molecule has 0 atom stereocenters. The maximum atomic E-state index is 12.2. The van der Waals surface area contributed by atoms with Gasteiger partial charge in [0.1, 0.15) is 11.5 Å². The van der Waals surface area contributed by atoms with Gasteiger partial charge in [-0.2, -0.15) is 5.10 Å². The van der Waals surface area contributed by atoms with E-state index in [0.717, 1.165) is 0 Å². The summed E-state index contributed by atoms with van der Waals surface area (Å²) in [5.41, 5.74) is 4.62. The van der Waals surface area contributed by atoms with Gasteiger partial charge in [0.15, 0.2) is 0 Å². The van der Waals surface area contributed by atoms with E-state index in [0.29, 0.717) is 0 Å². The minimum Gasteiger partial charge on any atom is -0.384 e. The molecule has 1 heterocycles. The van der Waals surface area contributed by atoms with Crippen molar-refractivity contribution in [3.05, 3.63) is 17.5 Å². The average molecular weight is 211 g/mol. The van der Waals surface area contributed by atoms with E-state index in [2.05, 4.69) is 5.10 Å². The number of aryl methyl sites for hydroxylation is 1. The normalized spacial score (nSPS) is 9.85. The molecule has 74 valence electrons. The summed E-state index contributed by atoms with van der Waals surface area (Å²) >= 11 is 0. The van der Waals surface area contributed by atoms with Gasteiger partial charge >= 0.3 is 0 Å². The lowest BCUT2D eigenvalue weighted by Gasteiger charge is -1.96. The van der Waals surface area contributed by atoms with E-state index >= 15 is 0 Å². The third kappa shape index (κ3) is 2.38. The molecule has 0 saturated carbocycles. The molecule has 0 aromatic carbocycles. The average Bonchev–Trinajstić information content (AvgIpc) is 2.31. The zero-order chi connectivity index (χ0) is 9.30. The lowest BCUT2D eigenvalue weighted by atomic mass is 10.2. The van der Waals surface area contributed by atoms with Crippen LogP contribution >= 0.6 is 12.4 Å². The molecule has 0 aliphatic heterocycles. The predicted molar refractivity (Wildman–Crippen MR) is 46.4 cm³/mol. The van der Waals surface area contributed by atoms with Crippen LogP contribution in [0.2, 0.25) is 0 Å². The van der Waals surface area contributed by atoms with Gasteiger partial charge in [-0.25, -0.2) is 8.78 Å². The second-order valence-electron chi connectivity index (χ2n) is 2.32. The SMILES string of the molecule is Cl.Cn1cc(C(=N)N)c(C(F)F)n1. The van der Waals surface area contributed by atoms with Crippen molar-refractivity contribution in [1.29, 1.82) is 5.41 Å². The summed E-state index contributed by atoms with van der Waals surface area (Å²) in [5, 5.41) is 10.5. The highest BCUT2D eigenvalue weighted by atomic mass is 35.5. The Morgan fingerprint density at radius 1 is 1.69 bits per heavy atom. The zero-order valence-electron chi connectivity index (χ0n) is 6.79. The Morgan fingerprint density at radius 2 is 2.23 bits per heavy atom. The van der Waals surface area contributed by atoms with Crippen molar-refractivity contribution >= 4 is 18.2 Å². The summed E-state index contributed by atoms with van der Waals surface area (Å²) in [6, 6.07) is 0. The van der Waals surface area contributed by atoms with Gasteiger partial charge in [-0.15, -0.1) is 12.4 Å². The van der Waals surface area contributed by atoms with Crippen LogP contribution in [0.3, 0.4) is 0 Å². The molecular formula is C6H9ClF2N4. The first-order chi connectivity index (χ1) is 5.52. The van der Waals surface area contributed by atoms with Crippen LogP contribution in [-0.2, 0) is 7.05 Å². The molecule has 7 heteroatoms. The molecule has 0 bridgehead atoms. The van der Waals surface area contributed by atoms with Crippen molar-refractivity contribution in [2.24, 2.45) is 12.8 Å². The first kappa shape index (κ1) is 11.8. The lowest BCUT2D eigenvalue weighted by Crippen LogP contribution is -2.12. The largest absolute Gasteiger partial charge is 0.384 e. The molecule has 1 aromatic heterocycles. The van der Waals surface area contributed by atoms with Gasteiger partial charge in [-0.05, 0) is 0 Å². The highest BCUT2D eigenvalue weighted by Gasteiger charge is 2.18. The van der Waals surface area contributed by atoms with E-state index < -0.39 is 18.0 Å². The fourth-order valence-corrected chi connectivity index (χ4v) is 0.874. The van der Waals surface area contributed by atoms with Crippen LogP contribution in [0.25, 0.3) is 0 Å². The number of alkyl halides is 2. The molecule has 1 rings (SSSR count). The van der Waals surface area contributed by atoms with Crippen LogP contribution in [0.15, 0.2) is 6.20 Å². The quantitative estimate of drug-likeness (QED) is 0.566. The van der Waals surface area contributed by atoms with E-state index in [4.69, 9.17) is 11.1 Å². The minimum atomic E-state index is -2.69. The standard InChI is InChI=1S/C6H8F2N4.ClH/c1-12-2-3(6(9)10)4(11-12)5(7)8;/h2,5H,1H3,(H3,9,10);1H. The monoisotopic (exact) mass is 210 g/mol. The summed E-state index contributed by atoms with van der Waals surface area (Å²) in [6.07, 6.45) is -1.39. The lowest BCUT2D eigenvalue weighted by molar-refractivity contribution is 0.145. The number of nitrogens with two attached hydrogens (primary N) is 1. The number of nitrogens with zero attached hydrogens (tertiary/aromatic N) is 2. The molecule has 4 nitrogen and oxygen atoms in total. The number of nitrogen functional groups attached to an aromatic ring is 1. The minimum absolute atomic E-state index is 0. The Hall–Kier alpha value is -1.17. The van der Waals surface area contributed by atoms with E-state index in [1.807, 2.05) is 0 Å². The van der Waals surface area contributed by atoms with Gasteiger partial charge < -0.3 is 5.73 Å². The number of amidine groups is 1. The van der Waals surface area contributed by atoms with Crippen LogP contribution in [0, 0.1) is 5.41 Å². The van der Waals surface area contributed by atoms with Crippen molar-refractivity contribution in [1.82, 2.24) is 9.78 Å². The highest BCUT2D eigenvalue weighted by Crippen LogP contribution is 2.19. The molecule has 0 aliphatic carbocycles. The van der Waals surface area contributed by atoms with Crippen molar-refractivity contribution in [2.75, 3.05) is 0 Å². The summed E-state index contributed by atoms with van der Waals surface area (Å²) in [5.74, 6) is -0.390. The van der Waals surface area contributed by atoms with Gasteiger partial charge in [-0.1, -0.05) is 0 Å². The maximum absolute atomic E-state index is 12.2. The summed E-state index contributed by atoms with van der Waals surface area (Å²) in [7, 11) is 1.50. The molecule has 0 radical (unpaired) electrons. The third-order valence-electron chi connectivity index (χ3n) is 1.35. The Labute approximate surface area is 79.6 Å². The highest BCUT2D eigenvalue weighted by molar-refractivity contribution is 5.95. The third-order valence-corrected chi connectivity index (χ3v) is 1.35. The Morgan fingerprint density at radius 3 is 2.54 bits per heavy atom. The van der Waals surface area contributed by atoms with Crippen molar-refractivity contribution in [3.63, 3.8) is 0 Å². The number of hydrogen-bond acceptors (Lipinski definition) is 2. The number of hydrogen-bond donors (Lipinski definition) is 2. The summed E-state index contributed by atoms with van der Waals surface area (Å²) < 4.78 is 25.6. The molecule has 0 fully saturated rings. The summed E-state index contributed by atoms with van der Waals surface area (Å²) in [6.45, 7) is 0. The van der Waals surface area contributed by atoms with Gasteiger partial charge in [0.2, 0.25) is 0 Å². The maximum Gasteiger partial charge on any atom is 0.282 e. The fourth-order valence-electron chi connectivity index (χ4n) is 0.874. The van der Waals surface area contributed by atoms with E-state index in [-0.39, 0.29) is 18.0 Å². The van der Waals surface area contributed by atoms with Crippen LogP contribution in [0.5, 0.6) is 0 Å². The number of nitrogens with one attached hydrogen (secondary N) is 1. The number of rotatable bonds is 2. The molecule has 13 heavy (non-hydrogen) atoms. The summed E-state index contributed by atoms with van der Waals surface area (Å²) in [4.78, 5) is 0. The molecular weight excluding hydrogens is 202 g/mol. The Balaban J connectivity index is 0.00000144. The van der Waals surface area contributed by atoms with Crippen LogP contribution in [-0.4, -0.2) is 15.6 Å². The zero-order valence-corrected chi connectivity index (χ0v) is 7.61. The first-order valence-corrected chi connectivity index (χ1v) is 3.18. The first-order valence-electron chi connectivity index (χ1n) is 3.18. The van der Waals surface area contributed by atoms with Gasteiger partial charge in [0.05, 0.1) is 5.56 Å². The predicted octanol–water partition coefficient (Wildman–Crippen LogP) is 1.06. The Bertz CT molecular complexity index is 310. The molecule has 0 spiro atoms. The van der Waals surface area contributed by atoms with Crippen molar-refractivity contribution < 1.29 is 8.78 Å². The van der Waals surface area contributed by atoms with Gasteiger partial charge in [-0.3, -0.25) is 10.1 Å². The molecule has 0 saturated heterocycles. The second kappa shape index (κ2) is 4.18. The number of aromatic nitrogens is 2. The number of halogens is 3. The molecule has 1 aromatic rings. The topological polar surface area (TPSA) is 67.7 Å². The second-order valence-corrected chi connectivity index (χ2v) is 2.32. The van der Waals surface area contributed by atoms with Crippen molar-refractivity contribution in [2.45, 2.75) is 6.43 Å². The van der Waals surface area contributed by atoms with E-state index in [1.165, 1.54) is 17.9 Å². The Kier molecular flexibility index (Phi) is 3.80. The fraction of sp³-hybridized carbons (Fsp3) is 0.333. The van der Waals surface area contributed by atoms with Crippen LogP contribution < -0.4 is 5.73 Å². The van der Waals surface area contributed by atoms with Crippen LogP contribution in [0.1, 0.15) is 17.7 Å². The molecule has 0 aliphatic rings. The van der Waals surface area contributed by atoms with Gasteiger partial charge in [0.25, 0.3) is 6.43 Å².